The molecule has 0 N–H and O–H groups in total. The van der Waals surface area contributed by atoms with E-state index in [-0.39, 0.29) is 0 Å². The van der Waals surface area contributed by atoms with Crippen molar-refractivity contribution in [1.82, 2.24) is 19.9 Å². The Morgan fingerprint density at radius 3 is 2.61 bits per heavy atom. The number of benzene rings is 2. The van der Waals surface area contributed by atoms with E-state index in [0.29, 0.717) is 5.92 Å². The van der Waals surface area contributed by atoms with Crippen LogP contribution in [0.3, 0.4) is 0 Å². The smallest absolute Gasteiger partial charge is 0.119 e. The first-order chi connectivity index (χ1) is 13.7. The van der Waals surface area contributed by atoms with Crippen molar-refractivity contribution in [3.63, 3.8) is 0 Å². The van der Waals surface area contributed by atoms with E-state index in [4.69, 9.17) is 4.74 Å². The van der Waals surface area contributed by atoms with E-state index in [1.54, 1.807) is 7.11 Å². The Morgan fingerprint density at radius 1 is 1.07 bits per heavy atom. The first kappa shape index (κ1) is 18.7. The lowest BCUT2D eigenvalue weighted by Crippen LogP contribution is -2.34. The fourth-order valence-corrected chi connectivity index (χ4v) is 3.85. The van der Waals surface area contributed by atoms with Gasteiger partial charge in [0.1, 0.15) is 5.75 Å². The highest BCUT2D eigenvalue weighted by atomic mass is 16.5. The molecule has 0 amide bonds. The molecule has 1 aliphatic rings. The number of hydrogen-bond acceptors (Lipinski definition) is 4. The Morgan fingerprint density at radius 2 is 1.86 bits per heavy atom. The number of piperidine rings is 1. The molecule has 146 valence electrons. The monoisotopic (exact) mass is 376 g/mol. The molecule has 0 saturated carbocycles. The fourth-order valence-electron chi connectivity index (χ4n) is 3.85. The average Bonchev–Trinajstić information content (AvgIpc) is 3.23. The van der Waals surface area contributed by atoms with Crippen LogP contribution in [0.2, 0.25) is 0 Å². The Hall–Kier alpha value is -2.66. The number of rotatable bonds is 6. The van der Waals surface area contributed by atoms with Gasteiger partial charge in [0.05, 0.1) is 24.7 Å². The van der Waals surface area contributed by atoms with Gasteiger partial charge in [0.25, 0.3) is 0 Å². The Labute approximate surface area is 166 Å². The van der Waals surface area contributed by atoms with Crippen LogP contribution < -0.4 is 4.74 Å². The zero-order valence-corrected chi connectivity index (χ0v) is 16.7. The summed E-state index contributed by atoms with van der Waals surface area (Å²) in [6.45, 7) is 5.42. The molecular formula is C23H28N4O. The predicted molar refractivity (Wildman–Crippen MR) is 111 cm³/mol. The van der Waals surface area contributed by atoms with Gasteiger partial charge >= 0.3 is 0 Å². The third kappa shape index (κ3) is 4.42. The van der Waals surface area contributed by atoms with E-state index >= 15 is 0 Å². The van der Waals surface area contributed by atoms with Crippen molar-refractivity contribution in [3.8, 4) is 11.4 Å². The number of aromatic nitrogens is 3. The van der Waals surface area contributed by atoms with Crippen LogP contribution in [0.15, 0.2) is 54.7 Å². The fraction of sp³-hybridized carbons (Fsp3) is 0.391. The maximum Gasteiger partial charge on any atom is 0.119 e. The lowest BCUT2D eigenvalue weighted by Gasteiger charge is -2.31. The standard InChI is InChI=1S/C23H28N4O/c1-18-6-8-21(9-7-18)27-17-23(24-25-27)20-11-14-26(15-12-20)13-10-19-4-3-5-22(16-19)28-2/h3-9,16-17,20H,10-15H2,1-2H3. The van der Waals surface area contributed by atoms with Gasteiger partial charge in [-0.15, -0.1) is 5.10 Å². The van der Waals surface area contributed by atoms with Crippen LogP contribution in [0, 0.1) is 6.92 Å². The third-order valence-corrected chi connectivity index (χ3v) is 5.67. The SMILES string of the molecule is COc1cccc(CCN2CCC(c3cn(-c4ccc(C)cc4)nn3)CC2)c1. The molecule has 4 rings (SSSR count). The van der Waals surface area contributed by atoms with Crippen molar-refractivity contribution in [1.29, 1.82) is 0 Å². The lowest BCUT2D eigenvalue weighted by atomic mass is 9.94. The molecule has 0 bridgehead atoms. The molecule has 1 aliphatic heterocycles. The number of nitrogens with zero attached hydrogens (tertiary/aromatic N) is 4. The highest BCUT2D eigenvalue weighted by molar-refractivity contribution is 5.33. The normalized spacial score (nSPS) is 15.6. The summed E-state index contributed by atoms with van der Waals surface area (Å²) in [6.07, 6.45) is 5.45. The van der Waals surface area contributed by atoms with Gasteiger partial charge in [-0.3, -0.25) is 0 Å². The van der Waals surface area contributed by atoms with Gasteiger partial charge in [0.15, 0.2) is 0 Å². The van der Waals surface area contributed by atoms with Crippen LogP contribution in [-0.2, 0) is 6.42 Å². The molecule has 5 heteroatoms. The molecule has 3 aromatic rings. The van der Waals surface area contributed by atoms with Gasteiger partial charge in [-0.2, -0.15) is 0 Å². The molecule has 0 spiro atoms. The van der Waals surface area contributed by atoms with Gasteiger partial charge in [-0.25, -0.2) is 4.68 Å². The van der Waals surface area contributed by atoms with Gasteiger partial charge in [0.2, 0.25) is 0 Å². The summed E-state index contributed by atoms with van der Waals surface area (Å²) in [5.74, 6) is 1.44. The maximum absolute atomic E-state index is 5.32. The molecule has 0 aliphatic carbocycles. The topological polar surface area (TPSA) is 43.2 Å². The van der Waals surface area contributed by atoms with Crippen molar-refractivity contribution >= 4 is 0 Å². The van der Waals surface area contributed by atoms with Gasteiger partial charge < -0.3 is 9.64 Å². The zero-order valence-electron chi connectivity index (χ0n) is 16.7. The molecule has 2 heterocycles. The highest BCUT2D eigenvalue weighted by Gasteiger charge is 2.23. The van der Waals surface area contributed by atoms with Crippen molar-refractivity contribution in [2.24, 2.45) is 0 Å². The molecule has 28 heavy (non-hydrogen) atoms. The van der Waals surface area contributed by atoms with E-state index in [2.05, 4.69) is 70.8 Å². The van der Waals surface area contributed by atoms with Crippen LogP contribution in [0.25, 0.3) is 5.69 Å². The third-order valence-electron chi connectivity index (χ3n) is 5.67. The van der Waals surface area contributed by atoms with Crippen molar-refractivity contribution < 1.29 is 4.74 Å². The summed E-state index contributed by atoms with van der Waals surface area (Å²) >= 11 is 0. The van der Waals surface area contributed by atoms with E-state index < -0.39 is 0 Å². The van der Waals surface area contributed by atoms with Gasteiger partial charge in [-0.1, -0.05) is 35.0 Å². The molecule has 1 saturated heterocycles. The summed E-state index contributed by atoms with van der Waals surface area (Å²) in [6, 6.07) is 16.8. The predicted octanol–water partition coefficient (Wildman–Crippen LogP) is 4.01. The molecular weight excluding hydrogens is 348 g/mol. The zero-order chi connectivity index (χ0) is 19.3. The molecule has 2 aromatic carbocycles. The second-order valence-corrected chi connectivity index (χ2v) is 7.64. The first-order valence-corrected chi connectivity index (χ1v) is 10.1. The van der Waals surface area contributed by atoms with Crippen LogP contribution in [0.1, 0.15) is 35.6 Å². The summed E-state index contributed by atoms with van der Waals surface area (Å²) in [7, 11) is 1.72. The molecule has 5 nitrogen and oxygen atoms in total. The van der Waals surface area contributed by atoms with Gasteiger partial charge in [0, 0.05) is 12.5 Å². The molecule has 0 atom stereocenters. The van der Waals surface area contributed by atoms with E-state index in [0.717, 1.165) is 56.0 Å². The van der Waals surface area contributed by atoms with E-state index in [1.807, 2.05) is 10.7 Å². The summed E-state index contributed by atoms with van der Waals surface area (Å²) in [4.78, 5) is 2.56. The Bertz CT molecular complexity index is 895. The minimum absolute atomic E-state index is 0.507. The van der Waals surface area contributed by atoms with Crippen LogP contribution in [-0.4, -0.2) is 46.6 Å². The van der Waals surface area contributed by atoms with Gasteiger partial charge in [-0.05, 0) is 69.1 Å². The molecule has 1 fully saturated rings. The van der Waals surface area contributed by atoms with Crippen molar-refractivity contribution in [3.05, 3.63) is 71.5 Å². The number of aryl methyl sites for hydroxylation is 1. The Kier molecular flexibility index (Phi) is 5.72. The molecule has 0 radical (unpaired) electrons. The van der Waals surface area contributed by atoms with E-state index in [9.17, 15) is 0 Å². The summed E-state index contributed by atoms with van der Waals surface area (Å²) in [5.41, 5.74) is 4.78. The number of methoxy groups -OCH3 is 1. The molecule has 1 aromatic heterocycles. The highest BCUT2D eigenvalue weighted by Crippen LogP contribution is 2.27. The minimum Gasteiger partial charge on any atom is -0.497 e. The molecule has 0 unspecified atom stereocenters. The van der Waals surface area contributed by atoms with Crippen LogP contribution >= 0.6 is 0 Å². The maximum atomic E-state index is 5.32. The Balaban J connectivity index is 1.30. The number of ether oxygens (including phenoxy) is 1. The van der Waals surface area contributed by atoms with Crippen LogP contribution in [0.5, 0.6) is 5.75 Å². The average molecular weight is 377 g/mol. The van der Waals surface area contributed by atoms with Crippen molar-refractivity contribution in [2.45, 2.75) is 32.1 Å². The second-order valence-electron chi connectivity index (χ2n) is 7.64. The van der Waals surface area contributed by atoms with Crippen molar-refractivity contribution in [2.75, 3.05) is 26.7 Å². The minimum atomic E-state index is 0.507. The number of likely N-dealkylation sites (tertiary alicyclic amines) is 1. The largest absolute Gasteiger partial charge is 0.497 e. The lowest BCUT2D eigenvalue weighted by molar-refractivity contribution is 0.213. The van der Waals surface area contributed by atoms with E-state index in [1.165, 1.54) is 11.1 Å². The van der Waals surface area contributed by atoms with Crippen LogP contribution in [0.4, 0.5) is 0 Å². The summed E-state index contributed by atoms with van der Waals surface area (Å²) in [5, 5.41) is 8.80. The summed E-state index contributed by atoms with van der Waals surface area (Å²) < 4.78 is 7.21. The second kappa shape index (κ2) is 8.57. The quantitative estimate of drug-likeness (QED) is 0.652. The first-order valence-electron chi connectivity index (χ1n) is 10.1. The number of hydrogen-bond donors (Lipinski definition) is 0.